The summed E-state index contributed by atoms with van der Waals surface area (Å²) >= 11 is 0. The molecule has 0 saturated carbocycles. The van der Waals surface area contributed by atoms with Crippen LogP contribution in [-0.4, -0.2) is 39.8 Å². The van der Waals surface area contributed by atoms with E-state index in [2.05, 4.69) is 28.1 Å². The first-order chi connectivity index (χ1) is 9.20. The molecule has 0 aliphatic heterocycles. The fraction of sp³-hybridized carbons (Fsp3) is 0.429. The normalized spacial score (nSPS) is 12.8. The molecule has 1 unspecified atom stereocenters. The molecule has 0 bridgehead atoms. The van der Waals surface area contributed by atoms with Gasteiger partial charge in [0.25, 0.3) is 0 Å². The number of aryl methyl sites for hydroxylation is 1. The Hall–Kier alpha value is -1.72. The van der Waals surface area contributed by atoms with Crippen molar-refractivity contribution in [2.24, 2.45) is 12.8 Å². The summed E-state index contributed by atoms with van der Waals surface area (Å²) in [6, 6.07) is 6.21. The van der Waals surface area contributed by atoms with Crippen LogP contribution in [0.5, 0.6) is 0 Å². The fourth-order valence-corrected chi connectivity index (χ4v) is 2.18. The van der Waals surface area contributed by atoms with Gasteiger partial charge in [-0.15, -0.1) is 0 Å². The van der Waals surface area contributed by atoms with Crippen LogP contribution in [0.2, 0.25) is 0 Å². The lowest BCUT2D eigenvalue weighted by Gasteiger charge is -2.25. The van der Waals surface area contributed by atoms with Gasteiger partial charge in [0, 0.05) is 56.3 Å². The maximum absolute atomic E-state index is 5.89. The molecule has 2 aromatic rings. The predicted octanol–water partition coefficient (Wildman–Crippen LogP) is 0.989. The third-order valence-electron chi connectivity index (χ3n) is 3.31. The van der Waals surface area contributed by atoms with Crippen LogP contribution in [0.4, 0.5) is 0 Å². The van der Waals surface area contributed by atoms with E-state index in [0.29, 0.717) is 6.54 Å². The Labute approximate surface area is 114 Å². The maximum Gasteiger partial charge on any atom is 0.0538 e. The first-order valence-corrected chi connectivity index (χ1v) is 6.49. The Bertz CT molecular complexity index is 494. The van der Waals surface area contributed by atoms with Crippen LogP contribution < -0.4 is 5.73 Å². The van der Waals surface area contributed by atoms with Crippen LogP contribution in [0.25, 0.3) is 0 Å². The standard InChI is InChI=1S/C14H21N5/c1-18(8-6-13-5-3-4-7-16-13)14(9-15)12-10-17-19(2)11-12/h3-5,7,10-11,14H,6,8-9,15H2,1-2H3. The van der Waals surface area contributed by atoms with Gasteiger partial charge in [-0.1, -0.05) is 6.07 Å². The summed E-state index contributed by atoms with van der Waals surface area (Å²) in [5.41, 5.74) is 8.16. The van der Waals surface area contributed by atoms with Gasteiger partial charge >= 0.3 is 0 Å². The number of hydrogen-bond acceptors (Lipinski definition) is 4. The molecule has 0 aromatic carbocycles. The SMILES string of the molecule is CN(CCc1ccccn1)C(CN)c1cnn(C)c1. The van der Waals surface area contributed by atoms with E-state index in [1.54, 1.807) is 0 Å². The lowest BCUT2D eigenvalue weighted by Crippen LogP contribution is -2.32. The van der Waals surface area contributed by atoms with Crippen LogP contribution in [0.1, 0.15) is 17.3 Å². The van der Waals surface area contributed by atoms with Gasteiger partial charge in [0.2, 0.25) is 0 Å². The summed E-state index contributed by atoms with van der Waals surface area (Å²) in [6.45, 7) is 1.51. The Morgan fingerprint density at radius 1 is 1.42 bits per heavy atom. The Kier molecular flexibility index (Phi) is 4.65. The van der Waals surface area contributed by atoms with Gasteiger partial charge in [0.05, 0.1) is 6.20 Å². The van der Waals surface area contributed by atoms with Gasteiger partial charge in [0.15, 0.2) is 0 Å². The van der Waals surface area contributed by atoms with Crippen molar-refractivity contribution in [2.45, 2.75) is 12.5 Å². The molecule has 0 aliphatic rings. The predicted molar refractivity (Wildman–Crippen MR) is 75.6 cm³/mol. The molecule has 0 saturated heterocycles. The van der Waals surface area contributed by atoms with Crippen molar-refractivity contribution < 1.29 is 0 Å². The number of nitrogens with zero attached hydrogens (tertiary/aromatic N) is 4. The van der Waals surface area contributed by atoms with Crippen LogP contribution in [0.15, 0.2) is 36.8 Å². The second-order valence-electron chi connectivity index (χ2n) is 4.75. The highest BCUT2D eigenvalue weighted by Crippen LogP contribution is 2.17. The molecule has 5 heteroatoms. The van der Waals surface area contributed by atoms with Gasteiger partial charge in [-0.05, 0) is 19.2 Å². The molecule has 0 aliphatic carbocycles. The summed E-state index contributed by atoms with van der Waals surface area (Å²) in [5.74, 6) is 0. The van der Waals surface area contributed by atoms with Crippen molar-refractivity contribution >= 4 is 0 Å². The topological polar surface area (TPSA) is 60.0 Å². The van der Waals surface area contributed by atoms with Gasteiger partial charge in [-0.25, -0.2) is 0 Å². The van der Waals surface area contributed by atoms with Gasteiger partial charge < -0.3 is 5.73 Å². The third-order valence-corrected chi connectivity index (χ3v) is 3.31. The van der Waals surface area contributed by atoms with E-state index >= 15 is 0 Å². The maximum atomic E-state index is 5.89. The van der Waals surface area contributed by atoms with Crippen LogP contribution in [-0.2, 0) is 13.5 Å². The van der Waals surface area contributed by atoms with E-state index in [-0.39, 0.29) is 6.04 Å². The molecule has 0 fully saturated rings. The lowest BCUT2D eigenvalue weighted by molar-refractivity contribution is 0.252. The van der Waals surface area contributed by atoms with E-state index in [1.165, 1.54) is 0 Å². The molecule has 5 nitrogen and oxygen atoms in total. The Balaban J connectivity index is 1.96. The lowest BCUT2D eigenvalue weighted by atomic mass is 10.1. The minimum atomic E-state index is 0.206. The van der Waals surface area contributed by atoms with E-state index in [9.17, 15) is 0 Å². The zero-order valence-electron chi connectivity index (χ0n) is 11.5. The first kappa shape index (κ1) is 13.7. The largest absolute Gasteiger partial charge is 0.329 e. The van der Waals surface area contributed by atoms with Crippen molar-refractivity contribution in [1.29, 1.82) is 0 Å². The third kappa shape index (κ3) is 3.62. The van der Waals surface area contributed by atoms with Crippen LogP contribution in [0.3, 0.4) is 0 Å². The smallest absolute Gasteiger partial charge is 0.0538 e. The van der Waals surface area contributed by atoms with Crippen molar-refractivity contribution in [3.05, 3.63) is 48.0 Å². The summed E-state index contributed by atoms with van der Waals surface area (Å²) in [4.78, 5) is 6.59. The monoisotopic (exact) mass is 259 g/mol. The van der Waals surface area contributed by atoms with E-state index in [4.69, 9.17) is 5.73 Å². The summed E-state index contributed by atoms with van der Waals surface area (Å²) in [5, 5.41) is 4.21. The summed E-state index contributed by atoms with van der Waals surface area (Å²) in [6.07, 6.45) is 6.66. The second kappa shape index (κ2) is 6.45. The molecule has 0 radical (unpaired) electrons. The van der Waals surface area contributed by atoms with Crippen molar-refractivity contribution in [3.63, 3.8) is 0 Å². The number of aromatic nitrogens is 3. The summed E-state index contributed by atoms with van der Waals surface area (Å²) in [7, 11) is 4.01. The zero-order valence-corrected chi connectivity index (χ0v) is 11.5. The Morgan fingerprint density at radius 2 is 2.26 bits per heavy atom. The number of hydrogen-bond donors (Lipinski definition) is 1. The minimum absolute atomic E-state index is 0.206. The molecular formula is C14H21N5. The average Bonchev–Trinajstić information content (AvgIpc) is 2.85. The van der Waals surface area contributed by atoms with Crippen molar-refractivity contribution in [3.8, 4) is 0 Å². The van der Waals surface area contributed by atoms with E-state index in [0.717, 1.165) is 24.2 Å². The van der Waals surface area contributed by atoms with Gasteiger partial charge in [-0.3, -0.25) is 14.6 Å². The van der Waals surface area contributed by atoms with Gasteiger partial charge in [-0.2, -0.15) is 5.10 Å². The first-order valence-electron chi connectivity index (χ1n) is 6.49. The number of nitrogens with two attached hydrogens (primary N) is 1. The highest BCUT2D eigenvalue weighted by atomic mass is 15.2. The van der Waals surface area contributed by atoms with Crippen molar-refractivity contribution in [2.75, 3.05) is 20.1 Å². The molecule has 2 rings (SSSR count). The average molecular weight is 259 g/mol. The number of pyridine rings is 1. The van der Waals surface area contributed by atoms with E-state index in [1.807, 2.05) is 42.5 Å². The minimum Gasteiger partial charge on any atom is -0.329 e. The van der Waals surface area contributed by atoms with E-state index < -0.39 is 0 Å². The second-order valence-corrected chi connectivity index (χ2v) is 4.75. The summed E-state index contributed by atoms with van der Waals surface area (Å²) < 4.78 is 1.81. The number of likely N-dealkylation sites (N-methyl/N-ethyl adjacent to an activating group) is 1. The molecule has 0 amide bonds. The molecule has 1 atom stereocenters. The van der Waals surface area contributed by atoms with Crippen molar-refractivity contribution in [1.82, 2.24) is 19.7 Å². The Morgan fingerprint density at radius 3 is 2.84 bits per heavy atom. The van der Waals surface area contributed by atoms with Gasteiger partial charge in [0.1, 0.15) is 0 Å². The van der Waals surface area contributed by atoms with Crippen LogP contribution in [0, 0.1) is 0 Å². The zero-order chi connectivity index (χ0) is 13.7. The molecule has 0 spiro atoms. The van der Waals surface area contributed by atoms with Crippen LogP contribution >= 0.6 is 0 Å². The molecule has 2 N–H and O–H groups in total. The molecular weight excluding hydrogens is 238 g/mol. The highest BCUT2D eigenvalue weighted by molar-refractivity contribution is 5.11. The fourth-order valence-electron chi connectivity index (χ4n) is 2.18. The number of rotatable bonds is 6. The quantitative estimate of drug-likeness (QED) is 0.840. The highest BCUT2D eigenvalue weighted by Gasteiger charge is 2.16. The molecule has 19 heavy (non-hydrogen) atoms. The molecule has 2 aromatic heterocycles. The molecule has 102 valence electrons. The molecule has 2 heterocycles.